The van der Waals surface area contributed by atoms with E-state index >= 15 is 0 Å². The van der Waals surface area contributed by atoms with E-state index in [0.717, 1.165) is 25.9 Å². The minimum atomic E-state index is -3.51. The van der Waals surface area contributed by atoms with E-state index in [9.17, 15) is 8.42 Å². The van der Waals surface area contributed by atoms with Gasteiger partial charge < -0.3 is 10.2 Å². The van der Waals surface area contributed by atoms with Gasteiger partial charge in [-0.15, -0.1) is 0 Å². The summed E-state index contributed by atoms with van der Waals surface area (Å²) >= 11 is 5.83. The minimum absolute atomic E-state index is 0.0787. The van der Waals surface area contributed by atoms with Crippen LogP contribution in [0.5, 0.6) is 0 Å². The van der Waals surface area contributed by atoms with Crippen LogP contribution in [0, 0.1) is 0 Å². The fourth-order valence-corrected chi connectivity index (χ4v) is 2.32. The fraction of sp³-hybridized carbons (Fsp3) is 0.667. The molecule has 1 aromatic heterocycles. The number of nitrogens with zero attached hydrogens (tertiary/aromatic N) is 4. The number of anilines is 2. The SMILES string of the molecule is NS(=O)(=O)CCNc1nc(Cl)nc(N2CCCC2)n1. The maximum atomic E-state index is 10.8. The predicted molar refractivity (Wildman–Crippen MR) is 72.7 cm³/mol. The number of nitrogens with two attached hydrogens (primary N) is 1. The number of halogens is 1. The van der Waals surface area contributed by atoms with E-state index in [1.165, 1.54) is 0 Å². The van der Waals surface area contributed by atoms with E-state index in [2.05, 4.69) is 20.3 Å². The maximum absolute atomic E-state index is 10.8. The molecule has 0 aliphatic carbocycles. The van der Waals surface area contributed by atoms with Crippen LogP contribution in [0.1, 0.15) is 12.8 Å². The molecule has 1 aliphatic rings. The Morgan fingerprint density at radius 3 is 2.58 bits per heavy atom. The third kappa shape index (κ3) is 4.44. The first-order valence-electron chi connectivity index (χ1n) is 5.85. The molecule has 1 fully saturated rings. The summed E-state index contributed by atoms with van der Waals surface area (Å²) in [4.78, 5) is 14.2. The van der Waals surface area contributed by atoms with E-state index in [4.69, 9.17) is 16.7 Å². The molecule has 0 unspecified atom stereocenters. The topological polar surface area (TPSA) is 114 Å². The molecule has 1 saturated heterocycles. The van der Waals surface area contributed by atoms with Crippen LogP contribution >= 0.6 is 11.6 Å². The van der Waals surface area contributed by atoms with Crippen LogP contribution in [0.4, 0.5) is 11.9 Å². The molecule has 0 amide bonds. The lowest BCUT2D eigenvalue weighted by molar-refractivity contribution is 0.598. The fourth-order valence-electron chi connectivity index (χ4n) is 1.78. The van der Waals surface area contributed by atoms with E-state index in [1.807, 2.05) is 4.90 Å². The molecule has 0 radical (unpaired) electrons. The first-order chi connectivity index (χ1) is 8.94. The quantitative estimate of drug-likeness (QED) is 0.776. The highest BCUT2D eigenvalue weighted by Gasteiger charge is 2.17. The third-order valence-electron chi connectivity index (χ3n) is 2.65. The average molecular weight is 307 g/mol. The molecule has 106 valence electrons. The Labute approximate surface area is 116 Å². The van der Waals surface area contributed by atoms with Crippen LogP contribution in [0.15, 0.2) is 0 Å². The van der Waals surface area contributed by atoms with Crippen LogP contribution < -0.4 is 15.4 Å². The third-order valence-corrected chi connectivity index (χ3v) is 3.60. The summed E-state index contributed by atoms with van der Waals surface area (Å²) in [6, 6.07) is 0. The van der Waals surface area contributed by atoms with Crippen molar-refractivity contribution in [3.8, 4) is 0 Å². The van der Waals surface area contributed by atoms with Crippen LogP contribution in [-0.2, 0) is 10.0 Å². The van der Waals surface area contributed by atoms with Crippen LogP contribution in [-0.4, -0.2) is 48.8 Å². The van der Waals surface area contributed by atoms with Crippen molar-refractivity contribution in [3.05, 3.63) is 5.28 Å². The Bertz CT molecular complexity index is 546. The average Bonchev–Trinajstić information content (AvgIpc) is 2.79. The van der Waals surface area contributed by atoms with Crippen molar-refractivity contribution >= 4 is 33.5 Å². The van der Waals surface area contributed by atoms with Gasteiger partial charge >= 0.3 is 0 Å². The van der Waals surface area contributed by atoms with Crippen LogP contribution in [0.3, 0.4) is 0 Å². The number of sulfonamides is 1. The molecular formula is C9H15ClN6O2S. The molecule has 0 aromatic carbocycles. The molecule has 2 heterocycles. The van der Waals surface area contributed by atoms with Crippen molar-refractivity contribution in [1.82, 2.24) is 15.0 Å². The van der Waals surface area contributed by atoms with Gasteiger partial charge in [0.25, 0.3) is 0 Å². The zero-order chi connectivity index (χ0) is 13.9. The number of rotatable bonds is 5. The largest absolute Gasteiger partial charge is 0.353 e. The van der Waals surface area contributed by atoms with Gasteiger partial charge in [-0.3, -0.25) is 0 Å². The normalized spacial score (nSPS) is 15.8. The lowest BCUT2D eigenvalue weighted by Gasteiger charge is -2.15. The van der Waals surface area contributed by atoms with Gasteiger partial charge in [-0.2, -0.15) is 15.0 Å². The minimum Gasteiger partial charge on any atom is -0.353 e. The van der Waals surface area contributed by atoms with Crippen LogP contribution in [0.25, 0.3) is 0 Å². The van der Waals surface area contributed by atoms with Crippen molar-refractivity contribution in [2.45, 2.75) is 12.8 Å². The molecule has 0 atom stereocenters. The first kappa shape index (κ1) is 14.2. The summed E-state index contributed by atoms with van der Waals surface area (Å²) in [7, 11) is -3.51. The van der Waals surface area contributed by atoms with Gasteiger partial charge in [-0.25, -0.2) is 13.6 Å². The van der Waals surface area contributed by atoms with Gasteiger partial charge in [0.15, 0.2) is 0 Å². The van der Waals surface area contributed by atoms with E-state index in [1.54, 1.807) is 0 Å². The van der Waals surface area contributed by atoms with Gasteiger partial charge in [-0.1, -0.05) is 0 Å². The van der Waals surface area contributed by atoms with Gasteiger partial charge in [0, 0.05) is 19.6 Å². The van der Waals surface area contributed by atoms with Crippen molar-refractivity contribution in [3.63, 3.8) is 0 Å². The number of hydrogen-bond acceptors (Lipinski definition) is 7. The molecule has 2 rings (SSSR count). The molecule has 3 N–H and O–H groups in total. The second-order valence-corrected chi connectivity index (χ2v) is 6.29. The summed E-state index contributed by atoms with van der Waals surface area (Å²) in [6.45, 7) is 1.90. The van der Waals surface area contributed by atoms with Crippen molar-refractivity contribution in [2.24, 2.45) is 5.14 Å². The molecule has 10 heteroatoms. The van der Waals surface area contributed by atoms with Crippen molar-refractivity contribution in [1.29, 1.82) is 0 Å². The molecule has 1 aromatic rings. The summed E-state index contributed by atoms with van der Waals surface area (Å²) in [5, 5.41) is 7.76. The Kier molecular flexibility index (Phi) is 4.38. The Hall–Kier alpha value is -1.19. The second kappa shape index (κ2) is 5.85. The molecule has 0 spiro atoms. The van der Waals surface area contributed by atoms with Crippen molar-refractivity contribution < 1.29 is 8.42 Å². The number of nitrogens with one attached hydrogen (secondary N) is 1. The van der Waals surface area contributed by atoms with Crippen LogP contribution in [0.2, 0.25) is 5.28 Å². The smallest absolute Gasteiger partial charge is 0.231 e. The number of primary sulfonamides is 1. The Morgan fingerprint density at radius 2 is 1.95 bits per heavy atom. The standard InChI is InChI=1S/C9H15ClN6O2S/c10-7-13-8(12-3-6-19(11,17)18)15-9(14-7)16-4-1-2-5-16/h1-6H2,(H2,11,17,18)(H,12,13,14,15). The van der Waals surface area contributed by atoms with E-state index in [-0.39, 0.29) is 23.5 Å². The second-order valence-electron chi connectivity index (χ2n) is 4.22. The summed E-state index contributed by atoms with van der Waals surface area (Å²) in [5.41, 5.74) is 0. The summed E-state index contributed by atoms with van der Waals surface area (Å²) < 4.78 is 21.6. The molecule has 0 bridgehead atoms. The lowest BCUT2D eigenvalue weighted by atomic mass is 10.4. The first-order valence-corrected chi connectivity index (χ1v) is 7.94. The zero-order valence-electron chi connectivity index (χ0n) is 10.2. The van der Waals surface area contributed by atoms with Gasteiger partial charge in [0.2, 0.25) is 27.2 Å². The monoisotopic (exact) mass is 306 g/mol. The lowest BCUT2D eigenvalue weighted by Crippen LogP contribution is -2.24. The molecule has 19 heavy (non-hydrogen) atoms. The molecule has 8 nitrogen and oxygen atoms in total. The van der Waals surface area contributed by atoms with E-state index < -0.39 is 10.0 Å². The Morgan fingerprint density at radius 1 is 1.26 bits per heavy atom. The molecule has 0 saturated carbocycles. The predicted octanol–water partition coefficient (Wildman–Crippen LogP) is -0.174. The molecular weight excluding hydrogens is 292 g/mol. The van der Waals surface area contributed by atoms with E-state index in [0.29, 0.717) is 5.95 Å². The highest BCUT2D eigenvalue weighted by Crippen LogP contribution is 2.18. The number of hydrogen-bond donors (Lipinski definition) is 2. The van der Waals surface area contributed by atoms with Gasteiger partial charge in [-0.05, 0) is 24.4 Å². The summed E-state index contributed by atoms with van der Waals surface area (Å²) in [5.74, 6) is 0.566. The zero-order valence-corrected chi connectivity index (χ0v) is 11.8. The highest BCUT2D eigenvalue weighted by atomic mass is 35.5. The maximum Gasteiger partial charge on any atom is 0.231 e. The number of aromatic nitrogens is 3. The van der Waals surface area contributed by atoms with Gasteiger partial charge in [0.1, 0.15) is 0 Å². The Balaban J connectivity index is 2.04. The molecule has 1 aliphatic heterocycles. The van der Waals surface area contributed by atoms with Gasteiger partial charge in [0.05, 0.1) is 5.75 Å². The highest BCUT2D eigenvalue weighted by molar-refractivity contribution is 7.89. The summed E-state index contributed by atoms with van der Waals surface area (Å²) in [6.07, 6.45) is 2.19. The van der Waals surface area contributed by atoms with Crippen molar-refractivity contribution in [2.75, 3.05) is 35.6 Å².